The van der Waals surface area contributed by atoms with Crippen molar-refractivity contribution in [2.24, 2.45) is 0 Å². The molecule has 1 fully saturated rings. The Morgan fingerprint density at radius 1 is 0.960 bits per heavy atom. The summed E-state index contributed by atoms with van der Waals surface area (Å²) in [6.07, 6.45) is 1.55. The van der Waals surface area contributed by atoms with E-state index in [1.54, 1.807) is 42.2 Å². The Labute approximate surface area is 148 Å². The monoisotopic (exact) mass is 350 g/mol. The lowest BCUT2D eigenvalue weighted by molar-refractivity contribution is 0.0557. The number of ether oxygens (including phenoxy) is 3. The third-order valence-corrected chi connectivity index (χ3v) is 4.15. The molecule has 1 heterocycles. The first kappa shape index (κ1) is 18.9. The van der Waals surface area contributed by atoms with Gasteiger partial charge in [-0.05, 0) is 18.6 Å². The van der Waals surface area contributed by atoms with Crippen LogP contribution in [0.2, 0.25) is 0 Å². The van der Waals surface area contributed by atoms with Gasteiger partial charge in [0.25, 0.3) is 5.91 Å². The first-order valence-corrected chi connectivity index (χ1v) is 8.53. The average Bonchev–Trinajstić information content (AvgIpc) is 2.67. The molecule has 1 saturated heterocycles. The molecule has 0 bridgehead atoms. The van der Waals surface area contributed by atoms with Crippen LogP contribution in [0.5, 0.6) is 11.5 Å². The maximum absolute atomic E-state index is 12.7. The second-order valence-electron chi connectivity index (χ2n) is 5.85. The minimum absolute atomic E-state index is 0.101. The highest BCUT2D eigenvalue weighted by molar-refractivity contribution is 5.95. The minimum atomic E-state index is -0.302. The quantitative estimate of drug-likeness (QED) is 0.737. The summed E-state index contributed by atoms with van der Waals surface area (Å²) in [4.78, 5) is 28.0. The molecule has 0 saturated carbocycles. The van der Waals surface area contributed by atoms with E-state index < -0.39 is 0 Å². The molecule has 1 aliphatic heterocycles. The maximum atomic E-state index is 12.7. The largest absolute Gasteiger partial charge is 0.497 e. The minimum Gasteiger partial charge on any atom is -0.497 e. The highest BCUT2D eigenvalue weighted by Crippen LogP contribution is 2.23. The summed E-state index contributed by atoms with van der Waals surface area (Å²) in [7, 11) is 3.10. The lowest BCUT2D eigenvalue weighted by Gasteiger charge is -2.34. The smallest absolute Gasteiger partial charge is 0.409 e. The molecule has 2 rings (SSSR count). The second-order valence-corrected chi connectivity index (χ2v) is 5.85. The van der Waals surface area contributed by atoms with Crippen molar-refractivity contribution >= 4 is 12.0 Å². The average molecular weight is 350 g/mol. The van der Waals surface area contributed by atoms with Crippen molar-refractivity contribution < 1.29 is 23.8 Å². The van der Waals surface area contributed by atoms with Gasteiger partial charge in [0.05, 0.1) is 20.8 Å². The topological polar surface area (TPSA) is 68.3 Å². The van der Waals surface area contributed by atoms with Crippen LogP contribution in [0.25, 0.3) is 0 Å². The summed E-state index contributed by atoms with van der Waals surface area (Å²) in [5, 5.41) is 0. The van der Waals surface area contributed by atoms with Gasteiger partial charge in [0.1, 0.15) is 11.5 Å². The maximum Gasteiger partial charge on any atom is 0.409 e. The van der Waals surface area contributed by atoms with E-state index in [0.717, 1.165) is 12.8 Å². The molecule has 25 heavy (non-hydrogen) atoms. The molecule has 0 N–H and O–H groups in total. The molecule has 0 radical (unpaired) electrons. The van der Waals surface area contributed by atoms with E-state index in [1.165, 1.54) is 0 Å². The highest BCUT2D eigenvalue weighted by atomic mass is 16.6. The fourth-order valence-corrected chi connectivity index (χ4v) is 2.60. The molecule has 1 aromatic carbocycles. The van der Waals surface area contributed by atoms with E-state index >= 15 is 0 Å². The Morgan fingerprint density at radius 3 is 2.04 bits per heavy atom. The van der Waals surface area contributed by atoms with Gasteiger partial charge in [0, 0.05) is 37.8 Å². The fourth-order valence-electron chi connectivity index (χ4n) is 2.60. The number of nitrogens with zero attached hydrogens (tertiary/aromatic N) is 2. The van der Waals surface area contributed by atoms with E-state index in [0.29, 0.717) is 49.8 Å². The molecular weight excluding hydrogens is 324 g/mol. The van der Waals surface area contributed by atoms with E-state index in [2.05, 4.69) is 0 Å². The van der Waals surface area contributed by atoms with E-state index in [-0.39, 0.29) is 12.0 Å². The fraction of sp³-hybridized carbons (Fsp3) is 0.556. The molecule has 0 aliphatic carbocycles. The van der Waals surface area contributed by atoms with Gasteiger partial charge in [0.2, 0.25) is 0 Å². The number of amides is 2. The molecule has 1 aliphatic rings. The number of carbonyl (C=O) groups excluding carboxylic acids is 2. The number of carbonyl (C=O) groups is 2. The zero-order chi connectivity index (χ0) is 18.2. The molecule has 0 unspecified atom stereocenters. The zero-order valence-corrected chi connectivity index (χ0v) is 15.1. The summed E-state index contributed by atoms with van der Waals surface area (Å²) >= 11 is 0. The summed E-state index contributed by atoms with van der Waals surface area (Å²) in [5.74, 6) is 1.04. The van der Waals surface area contributed by atoms with Crippen LogP contribution in [-0.4, -0.2) is 68.8 Å². The van der Waals surface area contributed by atoms with Gasteiger partial charge in [-0.3, -0.25) is 4.79 Å². The summed E-state index contributed by atoms with van der Waals surface area (Å²) in [6, 6.07) is 5.10. The Kier molecular flexibility index (Phi) is 6.91. The second kappa shape index (κ2) is 9.15. The third-order valence-electron chi connectivity index (χ3n) is 4.15. The van der Waals surface area contributed by atoms with Crippen LogP contribution >= 0.6 is 0 Å². The highest BCUT2D eigenvalue weighted by Gasteiger charge is 2.26. The van der Waals surface area contributed by atoms with Crippen LogP contribution in [0.1, 0.15) is 30.1 Å². The summed E-state index contributed by atoms with van der Waals surface area (Å²) < 4.78 is 15.6. The van der Waals surface area contributed by atoms with Crippen molar-refractivity contribution in [3.8, 4) is 11.5 Å². The lowest BCUT2D eigenvalue weighted by Crippen LogP contribution is -2.50. The van der Waals surface area contributed by atoms with Gasteiger partial charge in [-0.2, -0.15) is 0 Å². The van der Waals surface area contributed by atoms with Gasteiger partial charge in [-0.25, -0.2) is 4.79 Å². The summed E-state index contributed by atoms with van der Waals surface area (Å²) in [5.41, 5.74) is 0.509. The summed E-state index contributed by atoms with van der Waals surface area (Å²) in [6.45, 7) is 4.38. The molecule has 2 amide bonds. The van der Waals surface area contributed by atoms with Crippen molar-refractivity contribution in [1.29, 1.82) is 0 Å². The molecule has 0 atom stereocenters. The molecule has 7 nitrogen and oxygen atoms in total. The molecule has 138 valence electrons. The van der Waals surface area contributed by atoms with Gasteiger partial charge in [-0.1, -0.05) is 13.3 Å². The lowest BCUT2D eigenvalue weighted by atomic mass is 10.1. The van der Waals surface area contributed by atoms with E-state index in [4.69, 9.17) is 14.2 Å². The van der Waals surface area contributed by atoms with Gasteiger partial charge >= 0.3 is 6.09 Å². The van der Waals surface area contributed by atoms with E-state index in [9.17, 15) is 9.59 Å². The van der Waals surface area contributed by atoms with Crippen LogP contribution in [0.15, 0.2) is 18.2 Å². The number of hydrogen-bond acceptors (Lipinski definition) is 5. The van der Waals surface area contributed by atoms with Crippen LogP contribution in [0, 0.1) is 0 Å². The zero-order valence-electron chi connectivity index (χ0n) is 15.1. The van der Waals surface area contributed by atoms with Gasteiger partial charge < -0.3 is 24.0 Å². The van der Waals surface area contributed by atoms with Gasteiger partial charge in [0.15, 0.2) is 0 Å². The third kappa shape index (κ3) is 5.01. The van der Waals surface area contributed by atoms with Crippen LogP contribution in [-0.2, 0) is 4.74 Å². The van der Waals surface area contributed by atoms with Crippen molar-refractivity contribution in [1.82, 2.24) is 9.80 Å². The number of methoxy groups -OCH3 is 2. The van der Waals surface area contributed by atoms with Crippen molar-refractivity contribution in [3.05, 3.63) is 23.8 Å². The Morgan fingerprint density at radius 2 is 1.52 bits per heavy atom. The van der Waals surface area contributed by atoms with E-state index in [1.807, 2.05) is 6.92 Å². The van der Waals surface area contributed by atoms with Crippen molar-refractivity contribution in [2.45, 2.75) is 19.8 Å². The van der Waals surface area contributed by atoms with Crippen LogP contribution in [0.4, 0.5) is 4.79 Å². The predicted molar refractivity (Wildman–Crippen MR) is 93.3 cm³/mol. The van der Waals surface area contributed by atoms with Gasteiger partial charge in [-0.15, -0.1) is 0 Å². The van der Waals surface area contributed by atoms with Crippen molar-refractivity contribution in [3.63, 3.8) is 0 Å². The Bertz CT molecular complexity index is 575. The number of benzene rings is 1. The molecule has 7 heteroatoms. The normalized spacial score (nSPS) is 14.2. The number of rotatable bonds is 6. The molecule has 0 aromatic heterocycles. The number of piperazine rings is 1. The van der Waals surface area contributed by atoms with Crippen LogP contribution in [0.3, 0.4) is 0 Å². The predicted octanol–water partition coefficient (Wildman–Crippen LogP) is 2.40. The number of hydrogen-bond donors (Lipinski definition) is 0. The van der Waals surface area contributed by atoms with Crippen molar-refractivity contribution in [2.75, 3.05) is 47.0 Å². The van der Waals surface area contributed by atoms with Crippen LogP contribution < -0.4 is 9.47 Å². The Balaban J connectivity index is 1.94. The Hall–Kier alpha value is -2.44. The SMILES string of the molecule is CCCCOC(=O)N1CCN(C(=O)c2cc(OC)cc(OC)c2)CC1. The number of unbranched alkanes of at least 4 members (excludes halogenated alkanes) is 1. The first-order chi connectivity index (χ1) is 12.1. The standard InChI is InChI=1S/C18H26N2O5/c1-4-5-10-25-18(22)20-8-6-19(7-9-20)17(21)14-11-15(23-2)13-16(12-14)24-3/h11-13H,4-10H2,1-3H3. The first-order valence-electron chi connectivity index (χ1n) is 8.53. The molecular formula is C18H26N2O5. The molecule has 0 spiro atoms. The molecule has 1 aromatic rings.